The number of anilines is 1. The lowest BCUT2D eigenvalue weighted by molar-refractivity contribution is 0.331. The van der Waals surface area contributed by atoms with E-state index in [1.54, 1.807) is 7.11 Å². The van der Waals surface area contributed by atoms with Crippen molar-refractivity contribution < 1.29 is 4.74 Å². The molecule has 21 heavy (non-hydrogen) atoms. The van der Waals surface area contributed by atoms with E-state index in [1.165, 1.54) is 38.9 Å². The molecule has 0 unspecified atom stereocenters. The smallest absolute Gasteiger partial charge is 0.193 e. The molecule has 0 amide bonds. The molecule has 116 valence electrons. The summed E-state index contributed by atoms with van der Waals surface area (Å²) in [7, 11) is 1.65. The highest BCUT2D eigenvalue weighted by molar-refractivity contribution is 5.92. The van der Waals surface area contributed by atoms with Crippen LogP contribution in [0.3, 0.4) is 0 Å². The molecule has 1 aromatic rings. The summed E-state index contributed by atoms with van der Waals surface area (Å²) >= 11 is 0. The summed E-state index contributed by atoms with van der Waals surface area (Å²) in [5, 5.41) is 3.09. The van der Waals surface area contributed by atoms with Crippen LogP contribution in [0.1, 0.15) is 25.7 Å². The van der Waals surface area contributed by atoms with Gasteiger partial charge in [0.05, 0.1) is 7.11 Å². The Morgan fingerprint density at radius 2 is 2.14 bits per heavy atom. The molecule has 0 radical (unpaired) electrons. The molecule has 5 heteroatoms. The maximum Gasteiger partial charge on any atom is 0.193 e. The van der Waals surface area contributed by atoms with Crippen LogP contribution in [0.2, 0.25) is 0 Å². The Morgan fingerprint density at radius 1 is 1.33 bits per heavy atom. The van der Waals surface area contributed by atoms with Gasteiger partial charge in [-0.1, -0.05) is 6.07 Å². The number of hydrogen-bond donors (Lipinski definition) is 2. The van der Waals surface area contributed by atoms with Crippen molar-refractivity contribution in [3.63, 3.8) is 0 Å². The number of methoxy groups -OCH3 is 1. The van der Waals surface area contributed by atoms with Crippen LogP contribution >= 0.6 is 0 Å². The molecule has 1 saturated heterocycles. The maximum atomic E-state index is 5.89. The van der Waals surface area contributed by atoms with Gasteiger partial charge in [0.25, 0.3) is 0 Å². The predicted octanol–water partition coefficient (Wildman–Crippen LogP) is 2.30. The molecule has 1 fully saturated rings. The lowest BCUT2D eigenvalue weighted by atomic mass is 10.3. The summed E-state index contributed by atoms with van der Waals surface area (Å²) in [5.41, 5.74) is 6.79. The maximum absolute atomic E-state index is 5.89. The van der Waals surface area contributed by atoms with Crippen molar-refractivity contribution in [3.8, 4) is 5.75 Å². The van der Waals surface area contributed by atoms with Crippen molar-refractivity contribution in [1.82, 2.24) is 4.90 Å². The lowest BCUT2D eigenvalue weighted by Gasteiger charge is -2.13. The molecule has 0 aliphatic carbocycles. The van der Waals surface area contributed by atoms with Gasteiger partial charge in [0.2, 0.25) is 0 Å². The standard InChI is InChI=1S/C16H26N4O/c1-21-15-8-6-7-14(13-15)19-16(17)18-9-2-3-10-20-11-4-5-12-20/h6-8,13H,2-5,9-12H2,1H3,(H3,17,18,19). The van der Waals surface area contributed by atoms with Crippen LogP contribution in [0.25, 0.3) is 0 Å². The minimum absolute atomic E-state index is 0.462. The van der Waals surface area contributed by atoms with Crippen molar-refractivity contribution >= 4 is 11.6 Å². The molecule has 0 bridgehead atoms. The highest BCUT2D eigenvalue weighted by atomic mass is 16.5. The molecule has 0 saturated carbocycles. The third-order valence-corrected chi connectivity index (χ3v) is 3.71. The van der Waals surface area contributed by atoms with E-state index in [0.29, 0.717) is 5.96 Å². The average molecular weight is 290 g/mol. The van der Waals surface area contributed by atoms with Crippen LogP contribution in [-0.4, -0.2) is 44.1 Å². The number of rotatable bonds is 7. The molecular formula is C16H26N4O. The SMILES string of the molecule is COc1cccc(NC(N)=NCCCCN2CCCC2)c1. The second-order valence-electron chi connectivity index (χ2n) is 5.38. The van der Waals surface area contributed by atoms with Crippen molar-refractivity contribution in [3.05, 3.63) is 24.3 Å². The Morgan fingerprint density at radius 3 is 2.90 bits per heavy atom. The Balaban J connectivity index is 1.65. The van der Waals surface area contributed by atoms with E-state index in [9.17, 15) is 0 Å². The number of guanidine groups is 1. The van der Waals surface area contributed by atoms with Gasteiger partial charge >= 0.3 is 0 Å². The Hall–Kier alpha value is -1.75. The summed E-state index contributed by atoms with van der Waals surface area (Å²) in [6, 6.07) is 7.66. The van der Waals surface area contributed by atoms with Gasteiger partial charge in [-0.25, -0.2) is 0 Å². The molecule has 0 atom stereocenters. The summed E-state index contributed by atoms with van der Waals surface area (Å²) in [6.07, 6.45) is 4.98. The normalized spacial score (nSPS) is 16.1. The average Bonchev–Trinajstić information content (AvgIpc) is 3.00. The topological polar surface area (TPSA) is 62.9 Å². The molecule has 2 rings (SSSR count). The number of nitrogens with zero attached hydrogens (tertiary/aromatic N) is 2. The first kappa shape index (κ1) is 15.6. The second kappa shape index (κ2) is 8.52. The molecule has 1 aliphatic heterocycles. The first-order chi connectivity index (χ1) is 10.3. The van der Waals surface area contributed by atoms with E-state index in [1.807, 2.05) is 24.3 Å². The third kappa shape index (κ3) is 5.63. The number of aliphatic imine (C=N–C) groups is 1. The fourth-order valence-electron chi connectivity index (χ4n) is 2.54. The summed E-state index contributed by atoms with van der Waals surface area (Å²) in [5.74, 6) is 1.27. The van der Waals surface area contributed by atoms with E-state index in [2.05, 4.69) is 15.2 Å². The Kier molecular flexibility index (Phi) is 6.34. The largest absolute Gasteiger partial charge is 0.497 e. The monoisotopic (exact) mass is 290 g/mol. The van der Waals surface area contributed by atoms with Crippen molar-refractivity contribution in [1.29, 1.82) is 0 Å². The van der Waals surface area contributed by atoms with E-state index in [-0.39, 0.29) is 0 Å². The van der Waals surface area contributed by atoms with Crippen LogP contribution in [0, 0.1) is 0 Å². The highest BCUT2D eigenvalue weighted by Crippen LogP contribution is 2.16. The van der Waals surface area contributed by atoms with Crippen LogP contribution in [0.5, 0.6) is 5.75 Å². The quantitative estimate of drug-likeness (QED) is 0.459. The zero-order chi connectivity index (χ0) is 14.9. The highest BCUT2D eigenvalue weighted by Gasteiger charge is 2.09. The van der Waals surface area contributed by atoms with E-state index >= 15 is 0 Å². The van der Waals surface area contributed by atoms with Gasteiger partial charge in [0, 0.05) is 18.3 Å². The number of unbranched alkanes of at least 4 members (excludes halogenated alkanes) is 1. The van der Waals surface area contributed by atoms with Crippen molar-refractivity contribution in [2.45, 2.75) is 25.7 Å². The molecular weight excluding hydrogens is 264 g/mol. The van der Waals surface area contributed by atoms with Gasteiger partial charge in [-0.2, -0.15) is 0 Å². The van der Waals surface area contributed by atoms with Crippen LogP contribution < -0.4 is 15.8 Å². The number of ether oxygens (including phenoxy) is 1. The lowest BCUT2D eigenvalue weighted by Crippen LogP contribution is -2.23. The van der Waals surface area contributed by atoms with Gasteiger partial charge in [0.15, 0.2) is 5.96 Å². The first-order valence-corrected chi connectivity index (χ1v) is 7.71. The summed E-state index contributed by atoms with van der Waals surface area (Å²) < 4.78 is 5.17. The fraction of sp³-hybridized carbons (Fsp3) is 0.562. The van der Waals surface area contributed by atoms with Gasteiger partial charge < -0.3 is 20.7 Å². The Bertz CT molecular complexity index is 455. The van der Waals surface area contributed by atoms with E-state index in [4.69, 9.17) is 10.5 Å². The van der Waals surface area contributed by atoms with E-state index in [0.717, 1.165) is 24.4 Å². The second-order valence-corrected chi connectivity index (χ2v) is 5.38. The first-order valence-electron chi connectivity index (χ1n) is 7.71. The third-order valence-electron chi connectivity index (χ3n) is 3.71. The number of nitrogens with two attached hydrogens (primary N) is 1. The predicted molar refractivity (Wildman–Crippen MR) is 88.0 cm³/mol. The van der Waals surface area contributed by atoms with Gasteiger partial charge in [-0.05, 0) is 57.5 Å². The van der Waals surface area contributed by atoms with Crippen LogP contribution in [0.4, 0.5) is 5.69 Å². The van der Waals surface area contributed by atoms with Crippen molar-refractivity contribution in [2.75, 3.05) is 38.6 Å². The summed E-state index contributed by atoms with van der Waals surface area (Å²) in [6.45, 7) is 4.50. The van der Waals surface area contributed by atoms with Crippen LogP contribution in [-0.2, 0) is 0 Å². The number of nitrogens with one attached hydrogen (secondary N) is 1. The molecule has 1 heterocycles. The zero-order valence-corrected chi connectivity index (χ0v) is 12.8. The minimum Gasteiger partial charge on any atom is -0.497 e. The molecule has 5 nitrogen and oxygen atoms in total. The van der Waals surface area contributed by atoms with Crippen molar-refractivity contribution in [2.24, 2.45) is 10.7 Å². The molecule has 0 spiro atoms. The molecule has 3 N–H and O–H groups in total. The minimum atomic E-state index is 0.462. The fourth-order valence-corrected chi connectivity index (χ4v) is 2.54. The van der Waals surface area contributed by atoms with Crippen LogP contribution in [0.15, 0.2) is 29.3 Å². The number of likely N-dealkylation sites (tertiary alicyclic amines) is 1. The molecule has 1 aliphatic rings. The van der Waals surface area contributed by atoms with E-state index < -0.39 is 0 Å². The Labute approximate surface area is 127 Å². The number of benzene rings is 1. The zero-order valence-electron chi connectivity index (χ0n) is 12.8. The van der Waals surface area contributed by atoms with Gasteiger partial charge in [0.1, 0.15) is 5.75 Å². The van der Waals surface area contributed by atoms with Gasteiger partial charge in [-0.15, -0.1) is 0 Å². The molecule has 0 aromatic heterocycles. The molecule has 1 aromatic carbocycles. The van der Waals surface area contributed by atoms with Gasteiger partial charge in [-0.3, -0.25) is 4.99 Å². The summed E-state index contributed by atoms with van der Waals surface area (Å²) in [4.78, 5) is 6.89. The number of hydrogen-bond acceptors (Lipinski definition) is 3.